The lowest BCUT2D eigenvalue weighted by Crippen LogP contribution is -2.19. The number of hydrogen-bond donors (Lipinski definition) is 2. The smallest absolute Gasteiger partial charge is 0.308 e. The molecular formula is C12H14N2O2. The zero-order valence-electron chi connectivity index (χ0n) is 9.32. The number of benzene rings is 1. The molecule has 0 radical (unpaired) electrons. The Morgan fingerprint density at radius 1 is 1.62 bits per heavy atom. The number of nitrogens with one attached hydrogen (secondary N) is 1. The zero-order chi connectivity index (χ0) is 12.1. The molecule has 0 spiro atoms. The maximum atomic E-state index is 10.6. The maximum Gasteiger partial charge on any atom is 0.308 e. The normalized spacial score (nSPS) is 11.6. The van der Waals surface area contributed by atoms with Crippen molar-refractivity contribution in [3.8, 4) is 6.07 Å². The Kier molecular flexibility index (Phi) is 3.90. The molecule has 1 aromatic rings. The fourth-order valence-corrected chi connectivity index (χ4v) is 1.28. The second kappa shape index (κ2) is 5.17. The molecule has 1 aromatic carbocycles. The topological polar surface area (TPSA) is 73.1 Å². The van der Waals surface area contributed by atoms with Crippen molar-refractivity contribution in [1.82, 2.24) is 0 Å². The molecule has 1 rings (SSSR count). The van der Waals surface area contributed by atoms with Crippen molar-refractivity contribution < 1.29 is 9.90 Å². The molecule has 1 atom stereocenters. The number of nitrogens with zero attached hydrogens (tertiary/aromatic N) is 1. The first-order valence-corrected chi connectivity index (χ1v) is 5.02. The molecule has 0 bridgehead atoms. The van der Waals surface area contributed by atoms with Crippen molar-refractivity contribution in [2.24, 2.45) is 5.92 Å². The highest BCUT2D eigenvalue weighted by atomic mass is 16.4. The molecule has 84 valence electrons. The minimum Gasteiger partial charge on any atom is -0.481 e. The summed E-state index contributed by atoms with van der Waals surface area (Å²) >= 11 is 0. The molecule has 0 aliphatic heterocycles. The van der Waals surface area contributed by atoms with Crippen molar-refractivity contribution in [3.63, 3.8) is 0 Å². The number of nitriles is 1. The Hall–Kier alpha value is -2.02. The summed E-state index contributed by atoms with van der Waals surface area (Å²) < 4.78 is 0. The first kappa shape index (κ1) is 12.1. The van der Waals surface area contributed by atoms with Crippen LogP contribution < -0.4 is 5.32 Å². The number of aryl methyl sites for hydroxylation is 1. The van der Waals surface area contributed by atoms with E-state index in [0.29, 0.717) is 12.1 Å². The molecule has 0 fully saturated rings. The molecule has 0 aromatic heterocycles. The van der Waals surface area contributed by atoms with Gasteiger partial charge in [-0.2, -0.15) is 5.26 Å². The van der Waals surface area contributed by atoms with Gasteiger partial charge in [-0.3, -0.25) is 4.79 Å². The lowest BCUT2D eigenvalue weighted by molar-refractivity contribution is -0.140. The lowest BCUT2D eigenvalue weighted by atomic mass is 10.1. The van der Waals surface area contributed by atoms with Crippen LogP contribution in [0, 0.1) is 24.2 Å². The lowest BCUT2D eigenvalue weighted by Gasteiger charge is -2.11. The fraction of sp³-hybridized carbons (Fsp3) is 0.333. The number of aliphatic carboxylic acids is 1. The molecule has 0 heterocycles. The molecule has 0 aliphatic rings. The van der Waals surface area contributed by atoms with Gasteiger partial charge in [0.25, 0.3) is 0 Å². The Morgan fingerprint density at radius 2 is 2.31 bits per heavy atom. The van der Waals surface area contributed by atoms with Gasteiger partial charge in [0.05, 0.1) is 17.6 Å². The minimum absolute atomic E-state index is 0.377. The molecule has 16 heavy (non-hydrogen) atoms. The van der Waals surface area contributed by atoms with Gasteiger partial charge in [-0.05, 0) is 30.7 Å². The standard InChI is InChI=1S/C12H14N2O2/c1-8-5-10(6-13)3-4-11(8)14-7-9(2)12(15)16/h3-5,9,14H,7H2,1-2H3,(H,15,16). The van der Waals surface area contributed by atoms with E-state index in [1.165, 1.54) is 0 Å². The van der Waals surface area contributed by atoms with Crippen LogP contribution in [0.4, 0.5) is 5.69 Å². The van der Waals surface area contributed by atoms with Gasteiger partial charge in [-0.1, -0.05) is 6.92 Å². The molecule has 4 heteroatoms. The van der Waals surface area contributed by atoms with E-state index < -0.39 is 11.9 Å². The Bertz CT molecular complexity index is 435. The molecule has 4 nitrogen and oxygen atoms in total. The van der Waals surface area contributed by atoms with Crippen molar-refractivity contribution in [1.29, 1.82) is 5.26 Å². The summed E-state index contributed by atoms with van der Waals surface area (Å²) in [6.07, 6.45) is 0. The average molecular weight is 218 g/mol. The van der Waals surface area contributed by atoms with Gasteiger partial charge in [-0.15, -0.1) is 0 Å². The van der Waals surface area contributed by atoms with Crippen molar-refractivity contribution >= 4 is 11.7 Å². The third kappa shape index (κ3) is 2.99. The number of hydrogen-bond acceptors (Lipinski definition) is 3. The van der Waals surface area contributed by atoms with Crippen LogP contribution in [0.1, 0.15) is 18.1 Å². The van der Waals surface area contributed by atoms with Gasteiger partial charge < -0.3 is 10.4 Å². The highest BCUT2D eigenvalue weighted by Gasteiger charge is 2.10. The first-order valence-electron chi connectivity index (χ1n) is 5.02. The highest BCUT2D eigenvalue weighted by molar-refractivity contribution is 5.70. The maximum absolute atomic E-state index is 10.6. The van der Waals surface area contributed by atoms with Crippen LogP contribution in [0.5, 0.6) is 0 Å². The number of anilines is 1. The van der Waals surface area contributed by atoms with Gasteiger partial charge in [0.2, 0.25) is 0 Å². The molecule has 0 aliphatic carbocycles. The van der Waals surface area contributed by atoms with Gasteiger partial charge >= 0.3 is 5.97 Å². The zero-order valence-corrected chi connectivity index (χ0v) is 9.32. The summed E-state index contributed by atoms with van der Waals surface area (Å²) in [6, 6.07) is 7.33. The predicted octanol–water partition coefficient (Wildman–Crippen LogP) is 2.00. The molecular weight excluding hydrogens is 204 g/mol. The second-order valence-electron chi connectivity index (χ2n) is 3.76. The third-order valence-corrected chi connectivity index (χ3v) is 2.38. The van der Waals surface area contributed by atoms with Crippen LogP contribution in [0.3, 0.4) is 0 Å². The Morgan fingerprint density at radius 3 is 2.81 bits per heavy atom. The van der Waals surface area contributed by atoms with Crippen molar-refractivity contribution in [2.45, 2.75) is 13.8 Å². The largest absolute Gasteiger partial charge is 0.481 e. The van der Waals surface area contributed by atoms with Crippen molar-refractivity contribution in [3.05, 3.63) is 29.3 Å². The summed E-state index contributed by atoms with van der Waals surface area (Å²) in [5.74, 6) is -1.26. The monoisotopic (exact) mass is 218 g/mol. The van der Waals surface area contributed by atoms with E-state index in [1.807, 2.05) is 6.92 Å². The predicted molar refractivity (Wildman–Crippen MR) is 61.2 cm³/mol. The second-order valence-corrected chi connectivity index (χ2v) is 3.76. The van der Waals surface area contributed by atoms with Crippen molar-refractivity contribution in [2.75, 3.05) is 11.9 Å². The van der Waals surface area contributed by atoms with Gasteiger partial charge in [0.15, 0.2) is 0 Å². The molecule has 2 N–H and O–H groups in total. The van der Waals surface area contributed by atoms with Crippen LogP contribution in [0.2, 0.25) is 0 Å². The third-order valence-electron chi connectivity index (χ3n) is 2.38. The first-order chi connectivity index (χ1) is 7.54. The van der Waals surface area contributed by atoms with Gasteiger partial charge in [0, 0.05) is 12.2 Å². The minimum atomic E-state index is -0.821. The number of carboxylic acids is 1. The quantitative estimate of drug-likeness (QED) is 0.810. The molecule has 0 saturated heterocycles. The number of carboxylic acid groups (broad SMARTS) is 1. The van der Waals surface area contributed by atoms with E-state index in [9.17, 15) is 4.79 Å². The molecule has 0 saturated carbocycles. The summed E-state index contributed by atoms with van der Waals surface area (Å²) in [6.45, 7) is 3.91. The van der Waals surface area contributed by atoms with Crippen LogP contribution in [0.25, 0.3) is 0 Å². The van der Waals surface area contributed by atoms with E-state index >= 15 is 0 Å². The molecule has 0 amide bonds. The summed E-state index contributed by atoms with van der Waals surface area (Å²) in [5.41, 5.74) is 2.41. The Labute approximate surface area is 94.5 Å². The summed E-state index contributed by atoms with van der Waals surface area (Å²) in [7, 11) is 0. The van der Waals surface area contributed by atoms with Crippen LogP contribution in [-0.4, -0.2) is 17.6 Å². The fourth-order valence-electron chi connectivity index (χ4n) is 1.28. The molecule has 1 unspecified atom stereocenters. The van der Waals surface area contributed by atoms with E-state index in [4.69, 9.17) is 10.4 Å². The number of rotatable bonds is 4. The van der Waals surface area contributed by atoms with E-state index in [-0.39, 0.29) is 0 Å². The summed E-state index contributed by atoms with van der Waals surface area (Å²) in [5, 5.41) is 20.5. The summed E-state index contributed by atoms with van der Waals surface area (Å²) in [4.78, 5) is 10.6. The average Bonchev–Trinajstić information content (AvgIpc) is 2.26. The van der Waals surface area contributed by atoms with Crippen LogP contribution >= 0.6 is 0 Å². The number of carbonyl (C=O) groups is 1. The van der Waals surface area contributed by atoms with Gasteiger partial charge in [-0.25, -0.2) is 0 Å². The van der Waals surface area contributed by atoms with E-state index in [0.717, 1.165) is 11.3 Å². The van der Waals surface area contributed by atoms with E-state index in [1.54, 1.807) is 25.1 Å². The van der Waals surface area contributed by atoms with Gasteiger partial charge in [0.1, 0.15) is 0 Å². The van der Waals surface area contributed by atoms with Crippen LogP contribution in [0.15, 0.2) is 18.2 Å². The van der Waals surface area contributed by atoms with Crippen LogP contribution in [-0.2, 0) is 4.79 Å². The van der Waals surface area contributed by atoms with E-state index in [2.05, 4.69) is 11.4 Å². The SMILES string of the molecule is Cc1cc(C#N)ccc1NCC(C)C(=O)O. The highest BCUT2D eigenvalue weighted by Crippen LogP contribution is 2.16. The Balaban J connectivity index is 2.69.